The van der Waals surface area contributed by atoms with Gasteiger partial charge in [0.15, 0.2) is 0 Å². The standard InChI is InChI=1S/C11H12FNO3S/c12-9(7-4-2-1-3-5-7)10(14)13-8(6-17)11(15)16/h1-5,8-9,17H,6H2,(H,13,14)(H,15,16)/t8-,9?/m0/s1. The van der Waals surface area contributed by atoms with Crippen LogP contribution in [-0.2, 0) is 9.59 Å². The van der Waals surface area contributed by atoms with Crippen LogP contribution in [0.3, 0.4) is 0 Å². The van der Waals surface area contributed by atoms with Crippen molar-refractivity contribution in [1.82, 2.24) is 5.32 Å². The Morgan fingerprint density at radius 2 is 1.94 bits per heavy atom. The van der Waals surface area contributed by atoms with Gasteiger partial charge in [0, 0.05) is 5.75 Å². The van der Waals surface area contributed by atoms with Crippen molar-refractivity contribution in [2.24, 2.45) is 0 Å². The quantitative estimate of drug-likeness (QED) is 0.694. The van der Waals surface area contributed by atoms with Crippen LogP contribution in [0.15, 0.2) is 30.3 Å². The summed E-state index contributed by atoms with van der Waals surface area (Å²) in [5.41, 5.74) is 0.188. The predicted molar refractivity (Wildman–Crippen MR) is 63.7 cm³/mol. The zero-order chi connectivity index (χ0) is 12.8. The van der Waals surface area contributed by atoms with E-state index in [-0.39, 0.29) is 11.3 Å². The maximum Gasteiger partial charge on any atom is 0.327 e. The lowest BCUT2D eigenvalue weighted by molar-refractivity contribution is -0.141. The fourth-order valence-corrected chi connectivity index (χ4v) is 1.45. The smallest absolute Gasteiger partial charge is 0.327 e. The summed E-state index contributed by atoms with van der Waals surface area (Å²) in [5.74, 6) is -2.31. The number of rotatable bonds is 5. The first-order valence-corrected chi connectivity index (χ1v) is 5.52. The van der Waals surface area contributed by atoms with Crippen LogP contribution in [0.5, 0.6) is 0 Å². The Labute approximate surface area is 103 Å². The first-order chi connectivity index (χ1) is 8.06. The van der Waals surface area contributed by atoms with Crippen LogP contribution in [0.25, 0.3) is 0 Å². The Hall–Kier alpha value is -1.56. The molecule has 1 aromatic rings. The number of hydrogen-bond acceptors (Lipinski definition) is 3. The van der Waals surface area contributed by atoms with Gasteiger partial charge in [-0.25, -0.2) is 9.18 Å². The molecule has 0 heterocycles. The van der Waals surface area contributed by atoms with E-state index < -0.39 is 24.1 Å². The van der Waals surface area contributed by atoms with Gasteiger partial charge in [0.05, 0.1) is 0 Å². The highest BCUT2D eigenvalue weighted by Gasteiger charge is 2.24. The number of carbonyl (C=O) groups is 2. The molecule has 1 aromatic carbocycles. The monoisotopic (exact) mass is 257 g/mol. The van der Waals surface area contributed by atoms with E-state index in [9.17, 15) is 14.0 Å². The van der Waals surface area contributed by atoms with Crippen LogP contribution in [0.1, 0.15) is 11.7 Å². The molecule has 6 heteroatoms. The van der Waals surface area contributed by atoms with Gasteiger partial charge in [-0.1, -0.05) is 30.3 Å². The molecule has 2 N–H and O–H groups in total. The summed E-state index contributed by atoms with van der Waals surface area (Å²) in [6.45, 7) is 0. The minimum Gasteiger partial charge on any atom is -0.480 e. The van der Waals surface area contributed by atoms with Crippen LogP contribution in [0, 0.1) is 0 Å². The van der Waals surface area contributed by atoms with E-state index in [1.54, 1.807) is 18.2 Å². The predicted octanol–water partition coefficient (Wildman–Crippen LogP) is 1.20. The normalized spacial score (nSPS) is 13.8. The number of hydrogen-bond donors (Lipinski definition) is 3. The third-order valence-electron chi connectivity index (χ3n) is 2.12. The Kier molecular flexibility index (Phi) is 4.96. The summed E-state index contributed by atoms with van der Waals surface area (Å²) in [5, 5.41) is 10.8. The van der Waals surface area contributed by atoms with Gasteiger partial charge in [0.2, 0.25) is 6.17 Å². The number of carboxylic acid groups (broad SMARTS) is 1. The molecule has 0 saturated carbocycles. The SMILES string of the molecule is O=C(N[C@@H](CS)C(=O)O)C(F)c1ccccc1. The molecule has 1 rings (SSSR count). The van der Waals surface area contributed by atoms with Crippen LogP contribution in [0.2, 0.25) is 0 Å². The molecule has 0 spiro atoms. The first kappa shape index (κ1) is 13.5. The molecule has 0 saturated heterocycles. The molecule has 0 radical (unpaired) electrons. The third-order valence-corrected chi connectivity index (χ3v) is 2.48. The Bertz CT molecular complexity index is 399. The summed E-state index contributed by atoms with van der Waals surface area (Å²) in [6.07, 6.45) is -1.88. The summed E-state index contributed by atoms with van der Waals surface area (Å²) in [6, 6.07) is 6.63. The van der Waals surface area contributed by atoms with Gasteiger partial charge in [-0.15, -0.1) is 0 Å². The van der Waals surface area contributed by atoms with Gasteiger partial charge < -0.3 is 10.4 Å². The average molecular weight is 257 g/mol. The molecule has 0 aliphatic carbocycles. The van der Waals surface area contributed by atoms with Crippen molar-refractivity contribution in [3.8, 4) is 0 Å². The van der Waals surface area contributed by atoms with E-state index in [0.29, 0.717) is 0 Å². The van der Waals surface area contributed by atoms with Gasteiger partial charge in [0.25, 0.3) is 5.91 Å². The van der Waals surface area contributed by atoms with E-state index >= 15 is 0 Å². The van der Waals surface area contributed by atoms with Gasteiger partial charge in [-0.3, -0.25) is 4.79 Å². The van der Waals surface area contributed by atoms with Crippen LogP contribution in [-0.4, -0.2) is 28.8 Å². The van der Waals surface area contributed by atoms with E-state index in [4.69, 9.17) is 5.11 Å². The zero-order valence-electron chi connectivity index (χ0n) is 8.84. The Morgan fingerprint density at radius 3 is 2.41 bits per heavy atom. The summed E-state index contributed by atoms with van der Waals surface area (Å²) in [7, 11) is 0. The molecule has 92 valence electrons. The van der Waals surface area contributed by atoms with E-state index in [0.717, 1.165) is 0 Å². The second-order valence-corrected chi connectivity index (χ2v) is 3.72. The molecule has 0 aromatic heterocycles. The van der Waals surface area contributed by atoms with E-state index in [1.807, 2.05) is 0 Å². The second-order valence-electron chi connectivity index (χ2n) is 3.36. The Balaban J connectivity index is 2.68. The van der Waals surface area contributed by atoms with Gasteiger partial charge in [0.1, 0.15) is 6.04 Å². The first-order valence-electron chi connectivity index (χ1n) is 4.89. The second kappa shape index (κ2) is 6.24. The molecule has 4 nitrogen and oxygen atoms in total. The number of benzene rings is 1. The van der Waals surface area contributed by atoms with Crippen molar-refractivity contribution in [1.29, 1.82) is 0 Å². The Morgan fingerprint density at radius 1 is 1.35 bits per heavy atom. The minimum absolute atomic E-state index is 0.0947. The minimum atomic E-state index is -1.88. The molecular formula is C11H12FNO3S. The maximum absolute atomic E-state index is 13.7. The van der Waals surface area contributed by atoms with Gasteiger partial charge in [-0.2, -0.15) is 12.6 Å². The van der Waals surface area contributed by atoms with Crippen LogP contribution >= 0.6 is 12.6 Å². The van der Waals surface area contributed by atoms with Gasteiger partial charge in [-0.05, 0) is 5.56 Å². The lowest BCUT2D eigenvalue weighted by Crippen LogP contribution is -2.43. The number of halogens is 1. The average Bonchev–Trinajstić information content (AvgIpc) is 2.35. The number of aliphatic carboxylic acids is 1. The highest BCUT2D eigenvalue weighted by Crippen LogP contribution is 2.16. The lowest BCUT2D eigenvalue weighted by atomic mass is 10.1. The van der Waals surface area contributed by atoms with Crippen molar-refractivity contribution in [3.05, 3.63) is 35.9 Å². The number of carbonyl (C=O) groups excluding carboxylic acids is 1. The molecular weight excluding hydrogens is 245 g/mol. The van der Waals surface area contributed by atoms with Crippen molar-refractivity contribution in [3.63, 3.8) is 0 Å². The number of nitrogens with one attached hydrogen (secondary N) is 1. The molecule has 0 aliphatic rings. The number of alkyl halides is 1. The van der Waals surface area contributed by atoms with Crippen LogP contribution in [0.4, 0.5) is 4.39 Å². The molecule has 1 amide bonds. The van der Waals surface area contributed by atoms with Crippen LogP contribution < -0.4 is 5.32 Å². The summed E-state index contributed by atoms with van der Waals surface area (Å²) < 4.78 is 13.7. The number of thiol groups is 1. The van der Waals surface area contributed by atoms with Crippen molar-refractivity contribution in [2.45, 2.75) is 12.2 Å². The molecule has 1 unspecified atom stereocenters. The number of amides is 1. The van der Waals surface area contributed by atoms with Crippen molar-refractivity contribution >= 4 is 24.5 Å². The van der Waals surface area contributed by atoms with Crippen molar-refractivity contribution in [2.75, 3.05) is 5.75 Å². The van der Waals surface area contributed by atoms with E-state index in [2.05, 4.69) is 17.9 Å². The summed E-state index contributed by atoms with van der Waals surface area (Å²) in [4.78, 5) is 22.1. The van der Waals surface area contributed by atoms with Crippen molar-refractivity contribution < 1.29 is 19.1 Å². The maximum atomic E-state index is 13.7. The fourth-order valence-electron chi connectivity index (χ4n) is 1.20. The molecule has 0 aliphatic heterocycles. The molecule has 2 atom stereocenters. The van der Waals surface area contributed by atoms with E-state index in [1.165, 1.54) is 12.1 Å². The lowest BCUT2D eigenvalue weighted by Gasteiger charge is -2.14. The number of carboxylic acids is 1. The zero-order valence-corrected chi connectivity index (χ0v) is 9.73. The molecule has 17 heavy (non-hydrogen) atoms. The summed E-state index contributed by atoms with van der Waals surface area (Å²) >= 11 is 3.77. The van der Waals surface area contributed by atoms with Gasteiger partial charge >= 0.3 is 5.97 Å². The largest absolute Gasteiger partial charge is 0.480 e. The highest BCUT2D eigenvalue weighted by molar-refractivity contribution is 7.80. The molecule has 0 bridgehead atoms. The fraction of sp³-hybridized carbons (Fsp3) is 0.273. The highest BCUT2D eigenvalue weighted by atomic mass is 32.1. The third kappa shape index (κ3) is 3.74. The molecule has 0 fully saturated rings. The topological polar surface area (TPSA) is 66.4 Å².